The second kappa shape index (κ2) is 8.45. The van der Waals surface area contributed by atoms with Crippen LogP contribution in [0.4, 0.5) is 16.3 Å². The van der Waals surface area contributed by atoms with E-state index in [2.05, 4.69) is 30.6 Å². The molecule has 170 valence electrons. The Bertz CT molecular complexity index is 1610. The number of halogens is 1. The van der Waals surface area contributed by atoms with Crippen LogP contribution in [0.2, 0.25) is 5.02 Å². The van der Waals surface area contributed by atoms with Crippen molar-refractivity contribution in [2.24, 2.45) is 5.73 Å². The van der Waals surface area contributed by atoms with Gasteiger partial charge in [0.2, 0.25) is 0 Å². The highest BCUT2D eigenvalue weighted by molar-refractivity contribution is 6.35. The molecule has 11 nitrogen and oxygen atoms in total. The third kappa shape index (κ3) is 3.77. The third-order valence-electron chi connectivity index (χ3n) is 5.21. The van der Waals surface area contributed by atoms with Gasteiger partial charge < -0.3 is 21.4 Å². The maximum absolute atomic E-state index is 13.7. The van der Waals surface area contributed by atoms with E-state index < -0.39 is 12.1 Å². The lowest BCUT2D eigenvalue weighted by Crippen LogP contribution is -2.28. The monoisotopic (exact) mass is 475 g/mol. The molecule has 0 bridgehead atoms. The lowest BCUT2D eigenvalue weighted by atomic mass is 10.2. The van der Waals surface area contributed by atoms with E-state index in [1.807, 2.05) is 6.92 Å². The maximum atomic E-state index is 13.7. The first-order valence-corrected chi connectivity index (χ1v) is 10.6. The molecule has 3 aromatic heterocycles. The van der Waals surface area contributed by atoms with Crippen molar-refractivity contribution in [1.29, 1.82) is 0 Å². The Labute approximate surface area is 197 Å². The van der Waals surface area contributed by atoms with Gasteiger partial charge in [-0.05, 0) is 37.3 Å². The first kappa shape index (κ1) is 21.3. The molecule has 0 aliphatic heterocycles. The number of primary amides is 1. The minimum absolute atomic E-state index is 0.284. The Balaban J connectivity index is 1.70. The molecular weight excluding hydrogens is 458 g/mol. The van der Waals surface area contributed by atoms with E-state index in [0.29, 0.717) is 39.7 Å². The van der Waals surface area contributed by atoms with E-state index in [1.54, 1.807) is 42.5 Å². The first-order chi connectivity index (χ1) is 16.4. The summed E-state index contributed by atoms with van der Waals surface area (Å²) in [6, 6.07) is 10.6. The summed E-state index contributed by atoms with van der Waals surface area (Å²) < 4.78 is 1.45. The number of carbonyl (C=O) groups excluding carboxylic acids is 1. The molecule has 2 aromatic carbocycles. The highest BCUT2D eigenvalue weighted by Gasteiger charge is 2.21. The molecule has 5 rings (SSSR count). The largest absolute Gasteiger partial charge is 0.358 e. The predicted molar refractivity (Wildman–Crippen MR) is 129 cm³/mol. The predicted octanol–water partition coefficient (Wildman–Crippen LogP) is 3.37. The zero-order valence-electron chi connectivity index (χ0n) is 17.8. The van der Waals surface area contributed by atoms with Crippen LogP contribution in [-0.4, -0.2) is 35.5 Å². The first-order valence-electron chi connectivity index (χ1n) is 10.2. The molecule has 0 spiro atoms. The van der Waals surface area contributed by atoms with E-state index in [-0.39, 0.29) is 16.0 Å². The summed E-state index contributed by atoms with van der Waals surface area (Å²) in [4.78, 5) is 45.4. The number of nitrogens with one attached hydrogen (secondary N) is 3. The summed E-state index contributed by atoms with van der Waals surface area (Å²) in [5.41, 5.74) is 7.39. The molecule has 0 aliphatic carbocycles. The van der Waals surface area contributed by atoms with Crippen LogP contribution in [0.25, 0.3) is 27.8 Å². The van der Waals surface area contributed by atoms with Gasteiger partial charge in [0, 0.05) is 5.69 Å². The Kier molecular flexibility index (Phi) is 5.30. The minimum Gasteiger partial charge on any atom is -0.358 e. The molecule has 0 unspecified atom stereocenters. The van der Waals surface area contributed by atoms with Crippen molar-refractivity contribution in [2.45, 2.75) is 13.0 Å². The van der Waals surface area contributed by atoms with Crippen molar-refractivity contribution in [3.63, 3.8) is 0 Å². The quantitative estimate of drug-likeness (QED) is 0.303. The van der Waals surface area contributed by atoms with Crippen LogP contribution in [0.15, 0.2) is 59.9 Å². The lowest BCUT2D eigenvalue weighted by molar-refractivity contribution is 0.259. The molecule has 0 radical (unpaired) electrons. The van der Waals surface area contributed by atoms with Crippen molar-refractivity contribution in [2.75, 3.05) is 10.6 Å². The highest BCUT2D eigenvalue weighted by Crippen LogP contribution is 2.26. The van der Waals surface area contributed by atoms with Gasteiger partial charge >= 0.3 is 6.03 Å². The Morgan fingerprint density at radius 3 is 2.82 bits per heavy atom. The average molecular weight is 476 g/mol. The molecule has 3 heterocycles. The van der Waals surface area contributed by atoms with E-state index in [9.17, 15) is 9.59 Å². The molecule has 12 heteroatoms. The van der Waals surface area contributed by atoms with Crippen molar-refractivity contribution in [3.05, 3.63) is 76.3 Å². The smallest absolute Gasteiger partial charge is 0.316 e. The van der Waals surface area contributed by atoms with E-state index in [0.717, 1.165) is 0 Å². The Morgan fingerprint density at radius 1 is 1.18 bits per heavy atom. The number of imidazole rings is 1. The topological polar surface area (TPSA) is 157 Å². The maximum Gasteiger partial charge on any atom is 0.316 e. The van der Waals surface area contributed by atoms with Gasteiger partial charge in [-0.3, -0.25) is 9.36 Å². The van der Waals surface area contributed by atoms with Crippen molar-refractivity contribution >= 4 is 51.2 Å². The van der Waals surface area contributed by atoms with Gasteiger partial charge in [0.1, 0.15) is 17.7 Å². The van der Waals surface area contributed by atoms with Gasteiger partial charge in [0.05, 0.1) is 34.0 Å². The number of hydrogen-bond donors (Lipinski definition) is 4. The zero-order chi connectivity index (χ0) is 23.8. The fourth-order valence-electron chi connectivity index (χ4n) is 3.76. The lowest BCUT2D eigenvalue weighted by Gasteiger charge is -2.20. The van der Waals surface area contributed by atoms with Gasteiger partial charge in [-0.1, -0.05) is 23.7 Å². The normalized spacial score (nSPS) is 12.1. The number of rotatable bonds is 5. The van der Waals surface area contributed by atoms with Crippen LogP contribution in [0.1, 0.15) is 18.8 Å². The molecule has 0 fully saturated rings. The number of nitrogens with zero attached hydrogens (tertiary/aromatic N) is 5. The number of anilines is 2. The van der Waals surface area contributed by atoms with Crippen molar-refractivity contribution < 1.29 is 4.79 Å². The second-order valence-corrected chi connectivity index (χ2v) is 7.88. The molecule has 5 aromatic rings. The molecule has 0 aliphatic rings. The van der Waals surface area contributed by atoms with Gasteiger partial charge in [0.25, 0.3) is 5.56 Å². The third-order valence-corrected chi connectivity index (χ3v) is 5.52. The number of urea groups is 1. The van der Waals surface area contributed by atoms with Crippen LogP contribution in [0.3, 0.4) is 0 Å². The summed E-state index contributed by atoms with van der Waals surface area (Å²) in [5.74, 6) is 0.911. The number of amides is 2. The fourth-order valence-corrected chi connectivity index (χ4v) is 4.01. The average Bonchev–Trinajstić information content (AvgIpc) is 3.28. The Hall–Kier alpha value is -4.51. The molecule has 34 heavy (non-hydrogen) atoms. The molecule has 1 atom stereocenters. The van der Waals surface area contributed by atoms with Gasteiger partial charge in [-0.2, -0.15) is 0 Å². The van der Waals surface area contributed by atoms with Crippen LogP contribution >= 0.6 is 11.6 Å². The van der Waals surface area contributed by atoms with Crippen molar-refractivity contribution in [3.8, 4) is 5.69 Å². The number of H-pyrrole nitrogens is 1. The van der Waals surface area contributed by atoms with E-state index >= 15 is 0 Å². The van der Waals surface area contributed by atoms with Gasteiger partial charge in [-0.25, -0.2) is 24.7 Å². The minimum atomic E-state index is -0.716. The van der Waals surface area contributed by atoms with Gasteiger partial charge in [-0.15, -0.1) is 0 Å². The number of aromatic nitrogens is 6. The van der Waals surface area contributed by atoms with Gasteiger partial charge in [0.15, 0.2) is 11.5 Å². The summed E-state index contributed by atoms with van der Waals surface area (Å²) in [6.45, 7) is 1.85. The van der Waals surface area contributed by atoms with E-state index in [4.69, 9.17) is 22.3 Å². The number of nitrogens with two attached hydrogens (primary N) is 1. The SMILES string of the molecule is C[C@H](Nc1ncnc2nc[nH]c12)c1nc2cccc(Cl)c2c(=O)n1-c1cccc(NC(N)=O)c1. The fraction of sp³-hybridized carbons (Fsp3) is 0.0909. The molecule has 0 saturated heterocycles. The highest BCUT2D eigenvalue weighted by atomic mass is 35.5. The number of hydrogen-bond acceptors (Lipinski definition) is 7. The number of carbonyl (C=O) groups is 1. The molecule has 0 saturated carbocycles. The van der Waals surface area contributed by atoms with Crippen LogP contribution in [-0.2, 0) is 0 Å². The van der Waals surface area contributed by atoms with Crippen LogP contribution in [0, 0.1) is 0 Å². The van der Waals surface area contributed by atoms with E-state index in [1.165, 1.54) is 17.2 Å². The number of benzene rings is 2. The standard InChI is InChI=1S/C22H18ClN9O2/c1-11(29-19-17-18(26-9-25-17)27-10-28-19)20-31-15-7-3-6-14(23)16(15)21(33)32(20)13-5-2-4-12(8-13)30-22(24)34/h2-11H,1H3,(H3,24,30,34)(H2,25,26,27,28,29)/t11-/m0/s1. The molecular formula is C22H18ClN9O2. The van der Waals surface area contributed by atoms with Crippen molar-refractivity contribution in [1.82, 2.24) is 29.5 Å². The number of fused-ring (bicyclic) bond motifs is 2. The molecule has 5 N–H and O–H groups in total. The Morgan fingerprint density at radius 2 is 2.00 bits per heavy atom. The summed E-state index contributed by atoms with van der Waals surface area (Å²) in [6.07, 6.45) is 2.93. The zero-order valence-corrected chi connectivity index (χ0v) is 18.5. The second-order valence-electron chi connectivity index (χ2n) is 7.47. The van der Waals surface area contributed by atoms with Crippen LogP contribution < -0.4 is 21.9 Å². The summed E-state index contributed by atoms with van der Waals surface area (Å²) >= 11 is 6.37. The number of aromatic amines is 1. The summed E-state index contributed by atoms with van der Waals surface area (Å²) in [7, 11) is 0. The van der Waals surface area contributed by atoms with Crippen LogP contribution in [0.5, 0.6) is 0 Å². The molecule has 2 amide bonds. The summed E-state index contributed by atoms with van der Waals surface area (Å²) in [5, 5.41) is 6.38.